The number of hydrogen-bond acceptors (Lipinski definition) is 4. The highest BCUT2D eigenvalue weighted by Gasteiger charge is 2.43. The predicted molar refractivity (Wildman–Crippen MR) is 116 cm³/mol. The molecule has 2 N–H and O–H groups in total. The number of nitrogens with one attached hydrogen (secondary N) is 2. The lowest BCUT2D eigenvalue weighted by molar-refractivity contribution is 0.115. The number of aromatic nitrogens is 1. The van der Waals surface area contributed by atoms with Crippen LogP contribution in [0.15, 0.2) is 36.5 Å². The first-order valence-electron chi connectivity index (χ1n) is 11.6. The maximum atomic E-state index is 13.9. The fraction of sp³-hybridized carbons (Fsp3) is 0.560. The van der Waals surface area contributed by atoms with Gasteiger partial charge in [0, 0.05) is 35.8 Å². The number of benzene rings is 1. The third-order valence-electron chi connectivity index (χ3n) is 7.55. The van der Waals surface area contributed by atoms with Crippen molar-refractivity contribution in [2.75, 3.05) is 13.1 Å². The normalized spacial score (nSPS) is 25.5. The lowest BCUT2D eigenvalue weighted by Gasteiger charge is -2.43. The molecule has 0 radical (unpaired) electrons. The van der Waals surface area contributed by atoms with E-state index in [9.17, 15) is 8.78 Å². The molecule has 4 nitrogen and oxygen atoms in total. The Balaban J connectivity index is 1.18. The monoisotopic (exact) mass is 427 g/mol. The smallest absolute Gasteiger partial charge is 0.219 e. The molecule has 31 heavy (non-hydrogen) atoms. The Labute approximate surface area is 182 Å². The molecule has 1 saturated heterocycles. The van der Waals surface area contributed by atoms with Crippen molar-refractivity contribution in [2.24, 2.45) is 5.41 Å². The molecule has 5 rings (SSSR count). The van der Waals surface area contributed by atoms with Gasteiger partial charge < -0.3 is 15.4 Å². The maximum Gasteiger partial charge on any atom is 0.219 e. The topological polar surface area (TPSA) is 46.2 Å². The van der Waals surface area contributed by atoms with Crippen LogP contribution in [0, 0.1) is 17.2 Å². The van der Waals surface area contributed by atoms with Crippen molar-refractivity contribution < 1.29 is 13.5 Å². The quantitative estimate of drug-likeness (QED) is 0.656. The third-order valence-corrected chi connectivity index (χ3v) is 7.55. The van der Waals surface area contributed by atoms with Crippen LogP contribution in [-0.4, -0.2) is 30.2 Å². The van der Waals surface area contributed by atoms with Crippen molar-refractivity contribution in [3.05, 3.63) is 59.4 Å². The van der Waals surface area contributed by atoms with Gasteiger partial charge in [-0.1, -0.05) is 6.07 Å². The van der Waals surface area contributed by atoms with Crippen LogP contribution in [0.2, 0.25) is 0 Å². The number of piperidine rings is 1. The molecule has 1 aromatic heterocycles. The molecule has 1 spiro atoms. The van der Waals surface area contributed by atoms with Crippen LogP contribution in [0.5, 0.6) is 5.75 Å². The maximum absolute atomic E-state index is 13.9. The molecule has 3 fully saturated rings. The Bertz CT molecular complexity index is 905. The zero-order valence-corrected chi connectivity index (χ0v) is 17.9. The summed E-state index contributed by atoms with van der Waals surface area (Å²) < 4.78 is 33.6. The van der Waals surface area contributed by atoms with E-state index >= 15 is 0 Å². The summed E-state index contributed by atoms with van der Waals surface area (Å²) in [5.41, 5.74) is 1.96. The zero-order valence-electron chi connectivity index (χ0n) is 17.9. The van der Waals surface area contributed by atoms with Gasteiger partial charge in [-0.15, -0.1) is 0 Å². The molecule has 0 amide bonds. The fourth-order valence-electron chi connectivity index (χ4n) is 5.50. The molecule has 166 valence electrons. The minimum absolute atomic E-state index is 0.0422. The molecule has 2 aliphatic carbocycles. The van der Waals surface area contributed by atoms with E-state index < -0.39 is 5.95 Å². The van der Waals surface area contributed by atoms with E-state index in [0.29, 0.717) is 34.7 Å². The average Bonchev–Trinajstić information content (AvgIpc) is 3.54. The third kappa shape index (κ3) is 4.75. The van der Waals surface area contributed by atoms with Gasteiger partial charge in [0.15, 0.2) is 0 Å². The van der Waals surface area contributed by atoms with E-state index in [0.717, 1.165) is 12.0 Å². The van der Waals surface area contributed by atoms with Crippen molar-refractivity contribution in [1.82, 2.24) is 15.6 Å². The summed E-state index contributed by atoms with van der Waals surface area (Å²) in [6.07, 6.45) is 10.2. The summed E-state index contributed by atoms with van der Waals surface area (Å²) in [6.45, 7) is 2.37. The van der Waals surface area contributed by atoms with Gasteiger partial charge in [-0.25, -0.2) is 9.37 Å². The number of hydrogen-bond donors (Lipinski definition) is 2. The summed E-state index contributed by atoms with van der Waals surface area (Å²) in [5.74, 6) is -0.0516. The second-order valence-electron chi connectivity index (χ2n) is 9.56. The molecular formula is C25H31F2N3O. The predicted octanol–water partition coefficient (Wildman–Crippen LogP) is 4.70. The second-order valence-corrected chi connectivity index (χ2v) is 9.56. The van der Waals surface area contributed by atoms with Gasteiger partial charge in [0.25, 0.3) is 0 Å². The van der Waals surface area contributed by atoms with Gasteiger partial charge in [0.2, 0.25) is 5.95 Å². The van der Waals surface area contributed by atoms with Crippen LogP contribution in [0.3, 0.4) is 0 Å². The summed E-state index contributed by atoms with van der Waals surface area (Å²) in [5, 5.41) is 7.34. The van der Waals surface area contributed by atoms with E-state index in [4.69, 9.17) is 4.74 Å². The van der Waals surface area contributed by atoms with Crippen LogP contribution in [0.25, 0.3) is 0 Å². The van der Waals surface area contributed by atoms with Crippen LogP contribution in [0.4, 0.5) is 8.78 Å². The van der Waals surface area contributed by atoms with E-state index in [1.807, 2.05) is 6.07 Å². The Morgan fingerprint density at radius 2 is 1.90 bits per heavy atom. The van der Waals surface area contributed by atoms with Crippen molar-refractivity contribution in [3.63, 3.8) is 0 Å². The fourth-order valence-corrected chi connectivity index (χ4v) is 5.50. The first-order valence-corrected chi connectivity index (χ1v) is 11.6. The lowest BCUT2D eigenvalue weighted by atomic mass is 9.67. The minimum Gasteiger partial charge on any atom is -0.488 e. The molecule has 2 unspecified atom stereocenters. The number of rotatable bonds is 6. The Kier molecular flexibility index (Phi) is 5.93. The van der Waals surface area contributed by atoms with Crippen molar-refractivity contribution in [3.8, 4) is 5.75 Å². The first kappa shape index (κ1) is 20.8. The lowest BCUT2D eigenvalue weighted by Crippen LogP contribution is -2.43. The highest BCUT2D eigenvalue weighted by molar-refractivity contribution is 5.41. The van der Waals surface area contributed by atoms with Crippen molar-refractivity contribution in [2.45, 2.75) is 69.6 Å². The first-order chi connectivity index (χ1) is 15.1. The molecule has 2 saturated carbocycles. The summed E-state index contributed by atoms with van der Waals surface area (Å²) >= 11 is 0. The van der Waals surface area contributed by atoms with Gasteiger partial charge >= 0.3 is 0 Å². The van der Waals surface area contributed by atoms with Crippen molar-refractivity contribution in [1.29, 1.82) is 0 Å². The Morgan fingerprint density at radius 1 is 1.10 bits per heavy atom. The van der Waals surface area contributed by atoms with Crippen LogP contribution in [-0.2, 0) is 6.61 Å². The molecule has 2 atom stereocenters. The molecule has 3 aliphatic rings. The number of halogens is 2. The van der Waals surface area contributed by atoms with Gasteiger partial charge in [-0.2, -0.15) is 4.39 Å². The van der Waals surface area contributed by atoms with E-state index in [1.165, 1.54) is 69.9 Å². The number of pyridine rings is 1. The molecule has 2 aromatic rings. The van der Waals surface area contributed by atoms with Gasteiger partial charge in [0.05, 0.1) is 0 Å². The average molecular weight is 428 g/mol. The molecular weight excluding hydrogens is 396 g/mol. The minimum atomic E-state index is -0.546. The van der Waals surface area contributed by atoms with Crippen molar-refractivity contribution >= 4 is 0 Å². The second kappa shape index (κ2) is 8.83. The van der Waals surface area contributed by atoms with Crippen LogP contribution < -0.4 is 15.4 Å². The van der Waals surface area contributed by atoms with Gasteiger partial charge in [-0.05, 0) is 87.2 Å². The number of nitrogens with zero attached hydrogens (tertiary/aromatic N) is 1. The standard InChI is InChI=1S/C25H31F2N3O/c26-18-3-4-20(23(14-18)31-16-17-2-1-11-29-24(17)27)21-15-22(21)30-19-5-7-25(8-6-19)9-12-28-13-10-25/h1-4,11,14,19,21-22,28,30H,5-10,12-13,15-16H2. The Hall–Kier alpha value is -2.05. The van der Waals surface area contributed by atoms with Gasteiger partial charge in [-0.3, -0.25) is 0 Å². The highest BCUT2D eigenvalue weighted by atomic mass is 19.1. The molecule has 6 heteroatoms. The molecule has 1 aliphatic heterocycles. The SMILES string of the molecule is Fc1ccc(C2CC2NC2CCC3(CCNCC3)CC2)c(OCc2cccnc2F)c1. The molecule has 0 bridgehead atoms. The van der Waals surface area contributed by atoms with E-state index in [1.54, 1.807) is 12.1 Å². The summed E-state index contributed by atoms with van der Waals surface area (Å²) in [7, 11) is 0. The molecule has 2 heterocycles. The number of ether oxygens (including phenoxy) is 1. The Morgan fingerprint density at radius 3 is 2.68 bits per heavy atom. The summed E-state index contributed by atoms with van der Waals surface area (Å²) in [6, 6.07) is 9.03. The van der Waals surface area contributed by atoms with E-state index in [2.05, 4.69) is 15.6 Å². The van der Waals surface area contributed by atoms with Gasteiger partial charge in [0.1, 0.15) is 18.2 Å². The van der Waals surface area contributed by atoms with Crippen LogP contribution >= 0.6 is 0 Å². The largest absolute Gasteiger partial charge is 0.488 e. The summed E-state index contributed by atoms with van der Waals surface area (Å²) in [4.78, 5) is 3.65. The zero-order chi connectivity index (χ0) is 21.3. The highest BCUT2D eigenvalue weighted by Crippen LogP contribution is 2.48. The molecule has 1 aromatic carbocycles. The van der Waals surface area contributed by atoms with E-state index in [-0.39, 0.29) is 12.4 Å². The van der Waals surface area contributed by atoms with Crippen LogP contribution in [0.1, 0.15) is 62.0 Å².